The Bertz CT molecular complexity index is 954. The van der Waals surface area contributed by atoms with E-state index < -0.39 is 0 Å². The van der Waals surface area contributed by atoms with E-state index in [0.29, 0.717) is 28.3 Å². The van der Waals surface area contributed by atoms with Gasteiger partial charge >= 0.3 is 0 Å². The van der Waals surface area contributed by atoms with Crippen LogP contribution >= 0.6 is 0 Å². The van der Waals surface area contributed by atoms with E-state index in [1.165, 1.54) is 0 Å². The Balaban J connectivity index is 1.88. The largest absolute Gasteiger partial charge is 0.493 e. The van der Waals surface area contributed by atoms with Crippen LogP contribution in [0, 0.1) is 13.8 Å². The molecular weight excluding hydrogens is 318 g/mol. The first-order valence-corrected chi connectivity index (χ1v) is 7.80. The topological polar surface area (TPSA) is 73.3 Å². The summed E-state index contributed by atoms with van der Waals surface area (Å²) in [6.45, 7) is 3.82. The van der Waals surface area contributed by atoms with Gasteiger partial charge in [0.1, 0.15) is 0 Å². The Labute approximate surface area is 145 Å². The van der Waals surface area contributed by atoms with Crippen LogP contribution in [0.3, 0.4) is 0 Å². The lowest BCUT2D eigenvalue weighted by Gasteiger charge is -2.11. The smallest absolute Gasteiger partial charge is 0.255 e. The molecule has 0 fully saturated rings. The van der Waals surface area contributed by atoms with Crippen LogP contribution in [0.25, 0.3) is 11.0 Å². The fraction of sp³-hybridized carbons (Fsp3) is 0.211. The number of aromatic nitrogens is 2. The number of hydrogen-bond acceptors (Lipinski definition) is 5. The van der Waals surface area contributed by atoms with Crippen molar-refractivity contribution in [2.24, 2.45) is 0 Å². The molecule has 0 unspecified atom stereocenters. The molecule has 6 nitrogen and oxygen atoms in total. The Morgan fingerprint density at radius 3 is 2.24 bits per heavy atom. The summed E-state index contributed by atoms with van der Waals surface area (Å²) in [5, 5.41) is 2.85. The van der Waals surface area contributed by atoms with Gasteiger partial charge in [-0.05, 0) is 44.2 Å². The third-order valence-corrected chi connectivity index (χ3v) is 3.98. The van der Waals surface area contributed by atoms with E-state index in [-0.39, 0.29) is 5.91 Å². The number of fused-ring (bicyclic) bond motifs is 1. The molecule has 6 heteroatoms. The molecule has 0 aliphatic heterocycles. The van der Waals surface area contributed by atoms with Crippen molar-refractivity contribution in [2.75, 3.05) is 19.5 Å². The molecule has 1 N–H and O–H groups in total. The molecule has 2 aromatic carbocycles. The lowest BCUT2D eigenvalue weighted by molar-refractivity contribution is 0.102. The Hall–Kier alpha value is -3.15. The van der Waals surface area contributed by atoms with Crippen molar-refractivity contribution >= 4 is 22.6 Å². The van der Waals surface area contributed by atoms with Crippen molar-refractivity contribution in [3.63, 3.8) is 0 Å². The normalized spacial score (nSPS) is 10.6. The summed E-state index contributed by atoms with van der Waals surface area (Å²) in [6.07, 6.45) is 0. The maximum atomic E-state index is 12.5. The molecule has 25 heavy (non-hydrogen) atoms. The minimum atomic E-state index is -0.228. The second-order valence-electron chi connectivity index (χ2n) is 5.62. The van der Waals surface area contributed by atoms with Gasteiger partial charge in [-0.1, -0.05) is 0 Å². The summed E-state index contributed by atoms with van der Waals surface area (Å²) in [7, 11) is 3.12. The van der Waals surface area contributed by atoms with Crippen molar-refractivity contribution in [2.45, 2.75) is 13.8 Å². The number of methoxy groups -OCH3 is 2. The summed E-state index contributed by atoms with van der Waals surface area (Å²) < 4.78 is 10.4. The Morgan fingerprint density at radius 2 is 1.56 bits per heavy atom. The lowest BCUT2D eigenvalue weighted by atomic mass is 10.1. The number of hydrogen-bond donors (Lipinski definition) is 1. The van der Waals surface area contributed by atoms with E-state index in [0.717, 1.165) is 16.9 Å². The van der Waals surface area contributed by atoms with Gasteiger partial charge in [-0.2, -0.15) is 0 Å². The van der Waals surface area contributed by atoms with Crippen molar-refractivity contribution in [1.82, 2.24) is 9.97 Å². The summed E-state index contributed by atoms with van der Waals surface area (Å²) in [5.41, 5.74) is 4.34. The molecule has 3 rings (SSSR count). The first-order valence-electron chi connectivity index (χ1n) is 7.80. The lowest BCUT2D eigenvalue weighted by Crippen LogP contribution is -2.12. The Morgan fingerprint density at radius 1 is 0.880 bits per heavy atom. The fourth-order valence-corrected chi connectivity index (χ4v) is 2.49. The van der Waals surface area contributed by atoms with Gasteiger partial charge in [0.2, 0.25) is 0 Å². The molecule has 0 saturated heterocycles. The van der Waals surface area contributed by atoms with Gasteiger partial charge < -0.3 is 14.8 Å². The van der Waals surface area contributed by atoms with E-state index in [1.54, 1.807) is 50.6 Å². The highest BCUT2D eigenvalue weighted by Crippen LogP contribution is 2.30. The number of benzene rings is 2. The molecule has 0 bridgehead atoms. The summed E-state index contributed by atoms with van der Waals surface area (Å²) >= 11 is 0. The van der Waals surface area contributed by atoms with Crippen molar-refractivity contribution in [3.05, 3.63) is 53.3 Å². The molecule has 0 aliphatic carbocycles. The Kier molecular flexibility index (Phi) is 4.52. The highest BCUT2D eigenvalue weighted by molar-refractivity contribution is 6.06. The van der Waals surface area contributed by atoms with Crippen LogP contribution in [0.5, 0.6) is 11.5 Å². The third kappa shape index (κ3) is 3.38. The molecule has 128 valence electrons. The van der Waals surface area contributed by atoms with Gasteiger partial charge in [-0.25, -0.2) is 9.97 Å². The zero-order valence-corrected chi connectivity index (χ0v) is 14.6. The van der Waals surface area contributed by atoms with E-state index in [4.69, 9.17) is 9.47 Å². The predicted molar refractivity (Wildman–Crippen MR) is 96.5 cm³/mol. The molecular formula is C19H19N3O3. The van der Waals surface area contributed by atoms with Gasteiger partial charge in [0.15, 0.2) is 11.5 Å². The first-order chi connectivity index (χ1) is 12.0. The summed E-state index contributed by atoms with van der Waals surface area (Å²) in [5.74, 6) is 0.928. The highest BCUT2D eigenvalue weighted by atomic mass is 16.5. The van der Waals surface area contributed by atoms with Crippen LogP contribution in [0.15, 0.2) is 36.4 Å². The number of carbonyl (C=O) groups excluding carboxylic acids is 1. The van der Waals surface area contributed by atoms with E-state index in [1.807, 2.05) is 13.8 Å². The maximum absolute atomic E-state index is 12.5. The first kappa shape index (κ1) is 16.7. The number of aryl methyl sites for hydroxylation is 2. The number of nitrogens with one attached hydrogen (secondary N) is 1. The fourth-order valence-electron chi connectivity index (χ4n) is 2.49. The second kappa shape index (κ2) is 6.76. The molecule has 0 spiro atoms. The minimum Gasteiger partial charge on any atom is -0.493 e. The standard InChI is InChI=1S/C19H19N3O3/c1-11-12(2)21-16-9-13(5-7-15(16)20-11)19(23)22-14-6-8-17(24-3)18(10-14)25-4/h5-10H,1-4H3,(H,22,23). The average molecular weight is 337 g/mol. The number of carbonyl (C=O) groups is 1. The quantitative estimate of drug-likeness (QED) is 0.788. The van der Waals surface area contributed by atoms with Gasteiger partial charge in [0, 0.05) is 17.3 Å². The predicted octanol–water partition coefficient (Wildman–Crippen LogP) is 3.52. The summed E-state index contributed by atoms with van der Waals surface area (Å²) in [6, 6.07) is 10.5. The number of rotatable bonds is 4. The third-order valence-electron chi connectivity index (χ3n) is 3.98. The SMILES string of the molecule is COc1ccc(NC(=O)c2ccc3nc(C)c(C)nc3c2)cc1OC. The molecule has 0 radical (unpaired) electrons. The second-order valence-corrected chi connectivity index (χ2v) is 5.62. The molecule has 1 heterocycles. The van der Waals surface area contributed by atoms with E-state index in [2.05, 4.69) is 15.3 Å². The van der Waals surface area contributed by atoms with E-state index in [9.17, 15) is 4.79 Å². The number of nitrogens with zero attached hydrogens (tertiary/aromatic N) is 2. The zero-order valence-electron chi connectivity index (χ0n) is 14.6. The van der Waals surface area contributed by atoms with Crippen LogP contribution in [-0.4, -0.2) is 30.1 Å². The number of amides is 1. The molecule has 3 aromatic rings. The molecule has 1 aromatic heterocycles. The van der Waals surface area contributed by atoms with Crippen LogP contribution in [0.1, 0.15) is 21.7 Å². The number of anilines is 1. The molecule has 0 saturated carbocycles. The minimum absolute atomic E-state index is 0.228. The average Bonchev–Trinajstić information content (AvgIpc) is 2.62. The van der Waals surface area contributed by atoms with E-state index >= 15 is 0 Å². The van der Waals surface area contributed by atoms with Crippen molar-refractivity contribution in [1.29, 1.82) is 0 Å². The van der Waals surface area contributed by atoms with Gasteiger partial charge in [0.05, 0.1) is 36.6 Å². The molecule has 0 atom stereocenters. The van der Waals surface area contributed by atoms with Crippen molar-refractivity contribution < 1.29 is 14.3 Å². The summed E-state index contributed by atoms with van der Waals surface area (Å²) in [4.78, 5) is 21.5. The van der Waals surface area contributed by atoms with Crippen LogP contribution in [-0.2, 0) is 0 Å². The molecule has 0 aliphatic rings. The maximum Gasteiger partial charge on any atom is 0.255 e. The van der Waals surface area contributed by atoms with Gasteiger partial charge in [-0.3, -0.25) is 4.79 Å². The van der Waals surface area contributed by atoms with Gasteiger partial charge in [-0.15, -0.1) is 0 Å². The zero-order chi connectivity index (χ0) is 18.0. The van der Waals surface area contributed by atoms with Crippen LogP contribution < -0.4 is 14.8 Å². The van der Waals surface area contributed by atoms with Crippen molar-refractivity contribution in [3.8, 4) is 11.5 Å². The number of ether oxygens (including phenoxy) is 2. The van der Waals surface area contributed by atoms with Crippen LogP contribution in [0.4, 0.5) is 5.69 Å². The van der Waals surface area contributed by atoms with Crippen LogP contribution in [0.2, 0.25) is 0 Å². The monoisotopic (exact) mass is 337 g/mol. The van der Waals surface area contributed by atoms with Gasteiger partial charge in [0.25, 0.3) is 5.91 Å². The molecule has 1 amide bonds. The highest BCUT2D eigenvalue weighted by Gasteiger charge is 2.11.